The molecule has 4 heterocycles. The molecule has 1 atom stereocenters. The smallest absolute Gasteiger partial charge is 0.413 e. The van der Waals surface area contributed by atoms with E-state index < -0.39 is 17.6 Å². The molecule has 2 aromatic heterocycles. The third-order valence-corrected chi connectivity index (χ3v) is 6.66. The lowest BCUT2D eigenvalue weighted by molar-refractivity contribution is 0.165. The summed E-state index contributed by atoms with van der Waals surface area (Å²) in [6, 6.07) is 3.08. The van der Waals surface area contributed by atoms with Gasteiger partial charge in [0, 0.05) is 48.5 Å². The van der Waals surface area contributed by atoms with Gasteiger partial charge in [0.15, 0.2) is 5.82 Å². The Morgan fingerprint density at radius 2 is 2.14 bits per heavy atom. The Hall–Kier alpha value is -3.73. The highest BCUT2D eigenvalue weighted by molar-refractivity contribution is 5.99. The van der Waals surface area contributed by atoms with Crippen LogP contribution in [-0.2, 0) is 0 Å². The van der Waals surface area contributed by atoms with E-state index in [0.717, 1.165) is 10.5 Å². The Morgan fingerprint density at radius 1 is 1.34 bits per heavy atom. The van der Waals surface area contributed by atoms with E-state index in [2.05, 4.69) is 15.3 Å². The number of carbonyl (C=O) groups is 1. The Balaban J connectivity index is 1.59. The number of ether oxygens (including phenoxy) is 1. The average molecular weight is 485 g/mol. The van der Waals surface area contributed by atoms with Crippen LogP contribution in [0.15, 0.2) is 24.5 Å². The van der Waals surface area contributed by atoms with Crippen LogP contribution in [0.25, 0.3) is 21.9 Å². The van der Waals surface area contributed by atoms with Gasteiger partial charge in [-0.15, -0.1) is 0 Å². The van der Waals surface area contributed by atoms with Crippen LogP contribution in [0.2, 0.25) is 0 Å². The molecule has 1 saturated heterocycles. The molecule has 0 saturated carbocycles. The lowest BCUT2D eigenvalue weighted by atomic mass is 9.97. The van der Waals surface area contributed by atoms with Crippen LogP contribution in [0.3, 0.4) is 0 Å². The molecule has 4 N–H and O–H groups in total. The number of hydrogen-bond acceptors (Lipinski definition) is 7. The lowest BCUT2D eigenvalue weighted by Gasteiger charge is -2.27. The van der Waals surface area contributed by atoms with Gasteiger partial charge in [-0.05, 0) is 43.5 Å². The summed E-state index contributed by atoms with van der Waals surface area (Å²) in [5.41, 5.74) is 6.51. The van der Waals surface area contributed by atoms with Crippen molar-refractivity contribution >= 4 is 34.1 Å². The van der Waals surface area contributed by atoms with Gasteiger partial charge in [-0.2, -0.15) is 0 Å². The Kier molecular flexibility index (Phi) is 5.59. The number of alkyl halides is 1. The number of halogens is 2. The Bertz CT molecular complexity index is 1340. The molecule has 5 rings (SSSR count). The summed E-state index contributed by atoms with van der Waals surface area (Å²) in [6.45, 7) is 3.25. The fraction of sp³-hybridized carbons (Fsp3) is 0.375. The molecular formula is C24H26F2N6O3. The second-order valence-corrected chi connectivity index (χ2v) is 9.18. The molecule has 1 amide bonds. The van der Waals surface area contributed by atoms with Gasteiger partial charge >= 0.3 is 6.09 Å². The van der Waals surface area contributed by atoms with Crippen molar-refractivity contribution in [3.8, 4) is 17.0 Å². The van der Waals surface area contributed by atoms with Gasteiger partial charge in [-0.25, -0.2) is 23.5 Å². The van der Waals surface area contributed by atoms with Crippen molar-refractivity contribution in [2.75, 3.05) is 55.8 Å². The fourth-order valence-corrected chi connectivity index (χ4v) is 4.81. The monoisotopic (exact) mass is 484 g/mol. The van der Waals surface area contributed by atoms with Gasteiger partial charge in [0.05, 0.1) is 12.2 Å². The van der Waals surface area contributed by atoms with E-state index in [1.807, 2.05) is 11.8 Å². The van der Waals surface area contributed by atoms with E-state index in [1.165, 1.54) is 18.5 Å². The number of benzene rings is 1. The number of nitrogens with zero attached hydrogens (tertiary/aromatic N) is 4. The van der Waals surface area contributed by atoms with Crippen molar-refractivity contribution in [3.63, 3.8) is 0 Å². The lowest BCUT2D eigenvalue weighted by Crippen LogP contribution is -2.44. The zero-order valence-corrected chi connectivity index (χ0v) is 19.4. The van der Waals surface area contributed by atoms with Gasteiger partial charge in [-0.1, -0.05) is 0 Å². The maximum atomic E-state index is 15.4. The molecule has 9 nitrogen and oxygen atoms in total. The van der Waals surface area contributed by atoms with Crippen LogP contribution in [-0.4, -0.2) is 71.6 Å². The summed E-state index contributed by atoms with van der Waals surface area (Å²) in [6.07, 6.45) is 1.76. The number of nitrogens with one attached hydrogen (secondary N) is 1. The molecule has 11 heteroatoms. The molecule has 184 valence electrons. The molecule has 35 heavy (non-hydrogen) atoms. The summed E-state index contributed by atoms with van der Waals surface area (Å²) in [5.74, 6) is -0.128. The maximum absolute atomic E-state index is 15.4. The topological polar surface area (TPSA) is 117 Å². The predicted molar refractivity (Wildman–Crippen MR) is 129 cm³/mol. The number of nitrogens with two attached hydrogens (primary N) is 1. The number of hydrogen-bond donors (Lipinski definition) is 3. The molecule has 2 aliphatic heterocycles. The summed E-state index contributed by atoms with van der Waals surface area (Å²) in [5, 5.41) is 13.9. The zero-order chi connectivity index (χ0) is 24.9. The number of rotatable bonds is 4. The summed E-state index contributed by atoms with van der Waals surface area (Å²) < 4.78 is 36.2. The number of nitrogen functional groups attached to an aromatic ring is 1. The standard InChI is InChI=1S/C24H26F2N6O3/c1-13-16(9-30-22-21(13)28-4-6-35-22)15-7-14-8-18(29-10-17(14)20(27)19(15)25)32(23(33)34)12-24(26)3-5-31(2)11-24/h7-10,28H,3-6,11-12,27H2,1-2H3,(H,33,34)/t24-/m0/s1. The minimum Gasteiger partial charge on any atom is -0.474 e. The summed E-state index contributed by atoms with van der Waals surface area (Å²) >= 11 is 0. The largest absolute Gasteiger partial charge is 0.474 e. The first-order chi connectivity index (χ1) is 16.7. The zero-order valence-electron chi connectivity index (χ0n) is 19.4. The van der Waals surface area contributed by atoms with Crippen molar-refractivity contribution in [2.45, 2.75) is 19.0 Å². The van der Waals surface area contributed by atoms with Gasteiger partial charge in [0.2, 0.25) is 5.88 Å². The number of carboxylic acid groups (broad SMARTS) is 1. The number of anilines is 3. The van der Waals surface area contributed by atoms with Crippen LogP contribution in [0.1, 0.15) is 12.0 Å². The van der Waals surface area contributed by atoms with Crippen LogP contribution >= 0.6 is 0 Å². The van der Waals surface area contributed by atoms with Crippen molar-refractivity contribution < 1.29 is 23.4 Å². The Morgan fingerprint density at radius 3 is 2.86 bits per heavy atom. The number of aromatic nitrogens is 2. The third kappa shape index (κ3) is 4.05. The van der Waals surface area contributed by atoms with E-state index in [9.17, 15) is 9.90 Å². The second kappa shape index (κ2) is 8.49. The highest BCUT2D eigenvalue weighted by Gasteiger charge is 2.40. The number of fused-ring (bicyclic) bond motifs is 2. The van der Waals surface area contributed by atoms with Crippen LogP contribution in [0, 0.1) is 12.7 Å². The average Bonchev–Trinajstić information content (AvgIpc) is 3.18. The highest BCUT2D eigenvalue weighted by Crippen LogP contribution is 2.40. The van der Waals surface area contributed by atoms with Crippen molar-refractivity contribution in [2.24, 2.45) is 0 Å². The molecule has 0 radical (unpaired) electrons. The maximum Gasteiger partial charge on any atom is 0.413 e. The second-order valence-electron chi connectivity index (χ2n) is 9.18. The molecule has 3 aromatic rings. The van der Waals surface area contributed by atoms with Crippen molar-refractivity contribution in [3.05, 3.63) is 35.9 Å². The van der Waals surface area contributed by atoms with Crippen molar-refractivity contribution in [1.82, 2.24) is 14.9 Å². The van der Waals surface area contributed by atoms with E-state index >= 15 is 8.78 Å². The first-order valence-electron chi connectivity index (χ1n) is 11.3. The van der Waals surface area contributed by atoms with Crippen LogP contribution < -0.4 is 20.7 Å². The predicted octanol–water partition coefficient (Wildman–Crippen LogP) is 3.66. The number of amides is 1. The summed E-state index contributed by atoms with van der Waals surface area (Å²) in [4.78, 5) is 23.2. The minimum absolute atomic E-state index is 0.0453. The molecule has 2 aliphatic rings. The highest BCUT2D eigenvalue weighted by atomic mass is 19.1. The van der Waals surface area contributed by atoms with E-state index in [1.54, 1.807) is 13.1 Å². The molecule has 0 aliphatic carbocycles. The van der Waals surface area contributed by atoms with Gasteiger partial charge < -0.3 is 25.8 Å². The number of pyridine rings is 2. The van der Waals surface area contributed by atoms with E-state index in [4.69, 9.17) is 10.5 Å². The van der Waals surface area contributed by atoms with Gasteiger partial charge in [0.1, 0.15) is 23.8 Å². The molecule has 0 bridgehead atoms. The molecular weight excluding hydrogens is 458 g/mol. The van der Waals surface area contributed by atoms with Crippen LogP contribution in [0.4, 0.5) is 30.8 Å². The normalized spacial score (nSPS) is 19.8. The Labute approximate surface area is 200 Å². The number of likely N-dealkylation sites (tertiary alicyclic amines) is 1. The molecule has 1 aromatic carbocycles. The quantitative estimate of drug-likeness (QED) is 0.481. The fourth-order valence-electron chi connectivity index (χ4n) is 4.81. The first-order valence-corrected chi connectivity index (χ1v) is 11.3. The minimum atomic E-state index is -1.68. The molecule has 0 unspecified atom stereocenters. The van der Waals surface area contributed by atoms with Gasteiger partial charge in [-0.3, -0.25) is 4.90 Å². The van der Waals surface area contributed by atoms with E-state index in [0.29, 0.717) is 47.6 Å². The first kappa shape index (κ1) is 23.0. The third-order valence-electron chi connectivity index (χ3n) is 6.66. The SMILES string of the molecule is Cc1c(-c2cc3cc(N(C[C@]4(F)CCN(C)C4)C(=O)O)ncc3c(N)c2F)cnc2c1NCCO2. The van der Waals surface area contributed by atoms with E-state index in [-0.39, 0.29) is 36.6 Å². The van der Waals surface area contributed by atoms with Crippen LogP contribution in [0.5, 0.6) is 5.88 Å². The van der Waals surface area contributed by atoms with Crippen molar-refractivity contribution in [1.29, 1.82) is 0 Å². The summed E-state index contributed by atoms with van der Waals surface area (Å²) in [7, 11) is 1.79. The molecule has 0 spiro atoms. The molecule has 1 fully saturated rings. The van der Waals surface area contributed by atoms with Gasteiger partial charge in [0.25, 0.3) is 0 Å².